The van der Waals surface area contributed by atoms with Crippen LogP contribution in [-0.4, -0.2) is 64.4 Å². The van der Waals surface area contributed by atoms with Crippen LogP contribution in [-0.2, 0) is 22.8 Å². The molecule has 9 nitrogen and oxygen atoms in total. The van der Waals surface area contributed by atoms with Crippen molar-refractivity contribution in [2.75, 3.05) is 42.3 Å². The molecule has 0 spiro atoms. The number of benzene rings is 1. The molecule has 1 fully saturated rings. The van der Waals surface area contributed by atoms with Crippen LogP contribution >= 0.6 is 0 Å². The minimum Gasteiger partial charge on any atom is -0.372 e. The number of anilines is 3. The Morgan fingerprint density at radius 2 is 1.97 bits per heavy atom. The van der Waals surface area contributed by atoms with Crippen molar-refractivity contribution in [3.8, 4) is 11.8 Å². The number of alkyl halides is 4. The van der Waals surface area contributed by atoms with Crippen molar-refractivity contribution in [2.24, 2.45) is 7.05 Å². The fourth-order valence-corrected chi connectivity index (χ4v) is 4.13. The first-order chi connectivity index (χ1) is 17.5. The second kappa shape index (κ2) is 10.6. The first-order valence-corrected chi connectivity index (χ1v) is 11.4. The Morgan fingerprint density at radius 1 is 1.24 bits per heavy atom. The molecule has 13 heteroatoms. The zero-order valence-electron chi connectivity index (χ0n) is 20.4. The summed E-state index contributed by atoms with van der Waals surface area (Å²) < 4.78 is 59.7. The number of ether oxygens (including phenoxy) is 1. The van der Waals surface area contributed by atoms with Crippen LogP contribution in [0.5, 0.6) is 0 Å². The number of nitrogens with zero attached hydrogens (tertiary/aromatic N) is 5. The summed E-state index contributed by atoms with van der Waals surface area (Å²) in [6, 6.07) is 3.14. The number of halogens is 4. The summed E-state index contributed by atoms with van der Waals surface area (Å²) in [4.78, 5) is 26.0. The van der Waals surface area contributed by atoms with E-state index < -0.39 is 29.9 Å². The Bertz CT molecular complexity index is 1350. The molecule has 1 amide bonds. The van der Waals surface area contributed by atoms with Crippen molar-refractivity contribution >= 4 is 34.5 Å². The maximum atomic E-state index is 14.7. The molecule has 1 aliphatic heterocycles. The number of aromatic nitrogens is 4. The van der Waals surface area contributed by atoms with Crippen molar-refractivity contribution in [2.45, 2.75) is 31.7 Å². The molecule has 0 saturated carbocycles. The molecule has 1 aromatic carbocycles. The monoisotopic (exact) mass is 519 g/mol. The molecule has 1 aliphatic rings. The first-order valence-electron chi connectivity index (χ1n) is 11.4. The molecule has 37 heavy (non-hydrogen) atoms. The highest BCUT2D eigenvalue weighted by molar-refractivity contribution is 6.05. The zero-order chi connectivity index (χ0) is 26.7. The van der Waals surface area contributed by atoms with E-state index in [4.69, 9.17) is 4.74 Å². The average molecular weight is 520 g/mol. The van der Waals surface area contributed by atoms with Gasteiger partial charge in [0.1, 0.15) is 12.8 Å². The number of piperidine rings is 1. The third-order valence-corrected chi connectivity index (χ3v) is 5.86. The molecule has 3 aromatic rings. The summed E-state index contributed by atoms with van der Waals surface area (Å²) in [6.45, 7) is 2.41. The lowest BCUT2D eigenvalue weighted by atomic mass is 10.0. The van der Waals surface area contributed by atoms with Crippen LogP contribution in [0.1, 0.15) is 17.5 Å². The molecule has 196 valence electrons. The van der Waals surface area contributed by atoms with Gasteiger partial charge in [0.05, 0.1) is 23.1 Å². The maximum Gasteiger partial charge on any atom is 0.419 e. The highest BCUT2D eigenvalue weighted by Gasteiger charge is 2.33. The summed E-state index contributed by atoms with van der Waals surface area (Å²) in [5, 5.41) is 5.66. The van der Waals surface area contributed by atoms with Crippen LogP contribution in [0, 0.1) is 18.8 Å². The molecule has 0 unspecified atom stereocenters. The van der Waals surface area contributed by atoms with E-state index in [9.17, 15) is 22.4 Å². The van der Waals surface area contributed by atoms with E-state index >= 15 is 0 Å². The highest BCUT2D eigenvalue weighted by atomic mass is 19.4. The zero-order valence-corrected chi connectivity index (χ0v) is 20.4. The van der Waals surface area contributed by atoms with Crippen LogP contribution in [0.15, 0.2) is 24.5 Å². The average Bonchev–Trinajstić information content (AvgIpc) is 3.14. The van der Waals surface area contributed by atoms with Gasteiger partial charge in [-0.05, 0) is 30.5 Å². The van der Waals surface area contributed by atoms with Gasteiger partial charge in [-0.15, -0.1) is 0 Å². The van der Waals surface area contributed by atoms with Crippen LogP contribution in [0.2, 0.25) is 0 Å². The number of methoxy groups -OCH3 is 1. The fraction of sp³-hybridized carbons (Fsp3) is 0.417. The van der Waals surface area contributed by atoms with E-state index in [1.807, 2.05) is 24.6 Å². The Balaban J connectivity index is 1.53. The normalized spacial score (nSPS) is 17.9. The van der Waals surface area contributed by atoms with E-state index in [1.54, 1.807) is 11.0 Å². The molecule has 3 heterocycles. The van der Waals surface area contributed by atoms with E-state index in [-0.39, 0.29) is 25.5 Å². The molecule has 2 aromatic heterocycles. The number of amides is 1. The molecule has 2 atom stereocenters. The summed E-state index contributed by atoms with van der Waals surface area (Å²) in [7, 11) is 3.29. The van der Waals surface area contributed by atoms with Gasteiger partial charge in [-0.25, -0.2) is 19.3 Å². The third-order valence-electron chi connectivity index (χ3n) is 5.86. The van der Waals surface area contributed by atoms with Gasteiger partial charge >= 0.3 is 6.18 Å². The molecule has 4 rings (SSSR count). The van der Waals surface area contributed by atoms with Crippen LogP contribution in [0.3, 0.4) is 0 Å². The number of carbonyl (C=O) groups excluding carboxylic acids is 1. The Kier molecular flexibility index (Phi) is 7.49. The largest absolute Gasteiger partial charge is 0.419 e. The van der Waals surface area contributed by atoms with E-state index in [1.165, 1.54) is 7.11 Å². The predicted molar refractivity (Wildman–Crippen MR) is 130 cm³/mol. The molecule has 0 aliphatic carbocycles. The van der Waals surface area contributed by atoms with Gasteiger partial charge in [-0.3, -0.25) is 4.79 Å². The van der Waals surface area contributed by atoms with Crippen LogP contribution in [0.4, 0.5) is 35.1 Å². The summed E-state index contributed by atoms with van der Waals surface area (Å²) in [6.07, 6.45) is -4.22. The summed E-state index contributed by atoms with van der Waals surface area (Å²) in [5.74, 6) is 5.06. The number of hydrogen-bond acceptors (Lipinski definition) is 7. The van der Waals surface area contributed by atoms with E-state index in [0.717, 1.165) is 11.1 Å². The quantitative estimate of drug-likeness (QED) is 0.394. The molecular formula is C24H25F4N7O2. The summed E-state index contributed by atoms with van der Waals surface area (Å²) in [5.41, 5.74) is 1.77. The van der Waals surface area contributed by atoms with E-state index in [0.29, 0.717) is 36.1 Å². The number of hydrogen-bond donors (Lipinski definition) is 2. The van der Waals surface area contributed by atoms with E-state index in [2.05, 4.69) is 37.4 Å². The number of nitrogens with one attached hydrogen (secondary N) is 2. The van der Waals surface area contributed by atoms with Crippen LogP contribution in [0.25, 0.3) is 11.0 Å². The second-order valence-corrected chi connectivity index (χ2v) is 8.69. The maximum absolute atomic E-state index is 14.7. The number of rotatable bonds is 5. The van der Waals surface area contributed by atoms with Gasteiger partial charge < -0.3 is 24.8 Å². The summed E-state index contributed by atoms with van der Waals surface area (Å²) >= 11 is 0. The van der Waals surface area contributed by atoms with Gasteiger partial charge in [-0.1, -0.05) is 5.92 Å². The Labute approximate surface area is 210 Å². The first kappa shape index (κ1) is 26.2. The molecule has 1 saturated heterocycles. The number of imidazole rings is 1. The van der Waals surface area contributed by atoms with Gasteiger partial charge in [0.25, 0.3) is 5.91 Å². The van der Waals surface area contributed by atoms with Crippen molar-refractivity contribution in [1.82, 2.24) is 19.5 Å². The van der Waals surface area contributed by atoms with Crippen molar-refractivity contribution in [1.29, 1.82) is 0 Å². The molecular weight excluding hydrogens is 494 g/mol. The lowest BCUT2D eigenvalue weighted by Gasteiger charge is -2.35. The lowest BCUT2D eigenvalue weighted by Crippen LogP contribution is -2.48. The van der Waals surface area contributed by atoms with Gasteiger partial charge in [-0.2, -0.15) is 13.2 Å². The SMILES string of the molecule is COCC#CC(=O)Nc1cc2nc(N3C[C@H](F)C[C@@H](Nc4ncc(C(F)(F)F)cn4)C3)n(C)c2cc1C. The Hall–Kier alpha value is -3.92. The van der Waals surface area contributed by atoms with Gasteiger partial charge in [0, 0.05) is 51.2 Å². The molecule has 2 N–H and O–H groups in total. The number of carbonyl (C=O) groups is 1. The fourth-order valence-electron chi connectivity index (χ4n) is 4.13. The van der Waals surface area contributed by atoms with Gasteiger partial charge in [0.15, 0.2) is 0 Å². The van der Waals surface area contributed by atoms with Crippen LogP contribution < -0.4 is 15.5 Å². The lowest BCUT2D eigenvalue weighted by molar-refractivity contribution is -0.138. The smallest absolute Gasteiger partial charge is 0.372 e. The van der Waals surface area contributed by atoms with Crippen molar-refractivity contribution < 1.29 is 27.1 Å². The Morgan fingerprint density at radius 3 is 2.65 bits per heavy atom. The minimum atomic E-state index is -4.54. The standard InChI is InChI=1S/C24H25F4N7O2/c1-14-7-20-19(9-18(14)32-21(36)5-4-6-37-3)33-23(34(20)2)35-12-16(25)8-17(13-35)31-22-29-10-15(11-30-22)24(26,27)28/h7,9-11,16-17H,6,8,12-13H2,1-3H3,(H,32,36)(H,29,30,31)/t16-,17-/m1/s1. The number of aryl methyl sites for hydroxylation is 2. The molecule has 0 radical (unpaired) electrons. The predicted octanol–water partition coefficient (Wildman–Crippen LogP) is 3.31. The number of fused-ring (bicyclic) bond motifs is 1. The van der Waals surface area contributed by atoms with Gasteiger partial charge in [0.2, 0.25) is 11.9 Å². The second-order valence-electron chi connectivity index (χ2n) is 8.69. The topological polar surface area (TPSA) is 97.2 Å². The molecule has 0 bridgehead atoms. The highest BCUT2D eigenvalue weighted by Crippen LogP contribution is 2.30. The minimum absolute atomic E-state index is 0.0124. The van der Waals surface area contributed by atoms with Crippen molar-refractivity contribution in [3.05, 3.63) is 35.7 Å². The van der Waals surface area contributed by atoms with Crippen molar-refractivity contribution in [3.63, 3.8) is 0 Å². The third kappa shape index (κ3) is 6.08.